The van der Waals surface area contributed by atoms with Gasteiger partial charge >= 0.3 is 0 Å². The summed E-state index contributed by atoms with van der Waals surface area (Å²) in [6, 6.07) is 7.70. The molecule has 3 nitrogen and oxygen atoms in total. The van der Waals surface area contributed by atoms with E-state index < -0.39 is 0 Å². The van der Waals surface area contributed by atoms with Crippen molar-refractivity contribution in [2.45, 2.75) is 25.2 Å². The van der Waals surface area contributed by atoms with Crippen molar-refractivity contribution in [3.8, 4) is 0 Å². The average molecular weight is 190 g/mol. The molecule has 0 aliphatic heterocycles. The second-order valence-corrected chi connectivity index (χ2v) is 3.72. The molecule has 1 aliphatic carbocycles. The number of amides is 1. The van der Waals surface area contributed by atoms with Gasteiger partial charge in [-0.1, -0.05) is 18.6 Å². The number of carbonyl (C=O) groups is 1. The molecule has 1 fully saturated rings. The normalized spacial score (nSPS) is 16.1. The van der Waals surface area contributed by atoms with Gasteiger partial charge in [0.25, 0.3) is 5.91 Å². The van der Waals surface area contributed by atoms with Crippen LogP contribution in [0.15, 0.2) is 24.3 Å². The largest absolute Gasteiger partial charge is 0.290 e. The Morgan fingerprint density at radius 3 is 2.36 bits per heavy atom. The fourth-order valence-electron chi connectivity index (χ4n) is 1.73. The van der Waals surface area contributed by atoms with Gasteiger partial charge in [0.2, 0.25) is 0 Å². The highest BCUT2D eigenvalue weighted by atomic mass is 16.2. The Balaban J connectivity index is 2.13. The third kappa shape index (κ3) is 1.63. The van der Waals surface area contributed by atoms with Gasteiger partial charge in [0.15, 0.2) is 0 Å². The maximum atomic E-state index is 11.1. The number of nitrogen functional groups attached to an aromatic ring is 1. The molecule has 0 radical (unpaired) electrons. The molecular formula is C11H14N2O. The van der Waals surface area contributed by atoms with Gasteiger partial charge in [0.05, 0.1) is 0 Å². The van der Waals surface area contributed by atoms with Crippen LogP contribution in [0.25, 0.3) is 0 Å². The number of hydrogen-bond acceptors (Lipinski definition) is 2. The molecule has 2 rings (SSSR count). The smallest absolute Gasteiger partial charge is 0.265 e. The molecule has 1 aliphatic rings. The lowest BCUT2D eigenvalue weighted by molar-refractivity contribution is 0.0953. The molecule has 0 spiro atoms. The van der Waals surface area contributed by atoms with Crippen LogP contribution in [0.3, 0.4) is 0 Å². The monoisotopic (exact) mass is 190 g/mol. The van der Waals surface area contributed by atoms with Gasteiger partial charge in [-0.15, -0.1) is 0 Å². The molecule has 3 heteroatoms. The molecule has 0 unspecified atom stereocenters. The molecule has 3 N–H and O–H groups in total. The summed E-state index contributed by atoms with van der Waals surface area (Å²) < 4.78 is 0. The third-order valence-corrected chi connectivity index (χ3v) is 2.88. The van der Waals surface area contributed by atoms with Crippen molar-refractivity contribution in [1.29, 1.82) is 0 Å². The summed E-state index contributed by atoms with van der Waals surface area (Å²) in [5.74, 6) is 5.52. The van der Waals surface area contributed by atoms with Crippen molar-refractivity contribution >= 4 is 5.91 Å². The molecule has 74 valence electrons. The zero-order valence-electron chi connectivity index (χ0n) is 7.99. The third-order valence-electron chi connectivity index (χ3n) is 2.88. The Kier molecular flexibility index (Phi) is 2.50. The summed E-state index contributed by atoms with van der Waals surface area (Å²) in [5.41, 5.74) is 4.08. The van der Waals surface area contributed by atoms with Gasteiger partial charge < -0.3 is 0 Å². The van der Waals surface area contributed by atoms with Gasteiger partial charge in [-0.25, -0.2) is 5.84 Å². The Morgan fingerprint density at radius 2 is 1.93 bits per heavy atom. The zero-order valence-corrected chi connectivity index (χ0v) is 7.99. The fraction of sp³-hybridized carbons (Fsp3) is 0.364. The van der Waals surface area contributed by atoms with E-state index in [0.29, 0.717) is 11.5 Å². The van der Waals surface area contributed by atoms with E-state index in [1.165, 1.54) is 24.8 Å². The molecule has 0 bridgehead atoms. The van der Waals surface area contributed by atoms with Gasteiger partial charge in [-0.05, 0) is 36.5 Å². The zero-order chi connectivity index (χ0) is 9.97. The van der Waals surface area contributed by atoms with E-state index in [9.17, 15) is 4.79 Å². The molecule has 0 atom stereocenters. The lowest BCUT2D eigenvalue weighted by Gasteiger charge is -2.25. The number of hydrazine groups is 1. The van der Waals surface area contributed by atoms with Crippen molar-refractivity contribution < 1.29 is 4.79 Å². The predicted molar refractivity (Wildman–Crippen MR) is 54.7 cm³/mol. The van der Waals surface area contributed by atoms with Crippen molar-refractivity contribution in [1.82, 2.24) is 5.43 Å². The molecule has 0 aromatic heterocycles. The predicted octanol–water partition coefficient (Wildman–Crippen LogP) is 1.56. The lowest BCUT2D eigenvalue weighted by atomic mass is 9.80. The van der Waals surface area contributed by atoms with E-state index in [2.05, 4.69) is 5.43 Å². The van der Waals surface area contributed by atoms with Crippen LogP contribution < -0.4 is 11.3 Å². The number of carbonyl (C=O) groups excluding carboxylic acids is 1. The average Bonchev–Trinajstić information content (AvgIpc) is 2.15. The van der Waals surface area contributed by atoms with Crippen LogP contribution in [0.5, 0.6) is 0 Å². The topological polar surface area (TPSA) is 55.1 Å². The maximum Gasteiger partial charge on any atom is 0.265 e. The quantitative estimate of drug-likeness (QED) is 0.422. The summed E-state index contributed by atoms with van der Waals surface area (Å²) in [6.45, 7) is 0. The Morgan fingerprint density at radius 1 is 1.29 bits per heavy atom. The second-order valence-electron chi connectivity index (χ2n) is 3.72. The Labute approximate surface area is 83.3 Å². The number of benzene rings is 1. The highest BCUT2D eigenvalue weighted by Gasteiger charge is 2.19. The first-order valence-electron chi connectivity index (χ1n) is 4.92. The van der Waals surface area contributed by atoms with Crippen molar-refractivity contribution in [3.63, 3.8) is 0 Å². The highest BCUT2D eigenvalue weighted by molar-refractivity contribution is 5.93. The van der Waals surface area contributed by atoms with Gasteiger partial charge in [0.1, 0.15) is 0 Å². The minimum Gasteiger partial charge on any atom is -0.290 e. The minimum absolute atomic E-state index is 0.231. The van der Waals surface area contributed by atoms with Crippen LogP contribution in [-0.4, -0.2) is 5.91 Å². The summed E-state index contributed by atoms with van der Waals surface area (Å²) in [5, 5.41) is 0. The summed E-state index contributed by atoms with van der Waals surface area (Å²) in [6.07, 6.45) is 3.89. The highest BCUT2D eigenvalue weighted by Crippen LogP contribution is 2.36. The van der Waals surface area contributed by atoms with Crippen LogP contribution in [0.4, 0.5) is 0 Å². The molecule has 1 aromatic rings. The molecular weight excluding hydrogens is 176 g/mol. The van der Waals surface area contributed by atoms with E-state index in [1.807, 2.05) is 24.3 Å². The maximum absolute atomic E-state index is 11.1. The molecule has 0 heterocycles. The summed E-state index contributed by atoms with van der Waals surface area (Å²) in [4.78, 5) is 11.1. The van der Waals surface area contributed by atoms with E-state index >= 15 is 0 Å². The summed E-state index contributed by atoms with van der Waals surface area (Å²) >= 11 is 0. The van der Waals surface area contributed by atoms with Crippen molar-refractivity contribution in [2.75, 3.05) is 0 Å². The number of nitrogens with one attached hydrogen (secondary N) is 1. The Bertz CT molecular complexity index is 328. The molecule has 14 heavy (non-hydrogen) atoms. The van der Waals surface area contributed by atoms with E-state index in [-0.39, 0.29) is 5.91 Å². The first kappa shape index (κ1) is 9.21. The molecule has 1 amide bonds. The van der Waals surface area contributed by atoms with Crippen LogP contribution in [0, 0.1) is 0 Å². The minimum atomic E-state index is -0.231. The van der Waals surface area contributed by atoms with Gasteiger partial charge in [-0.2, -0.15) is 0 Å². The van der Waals surface area contributed by atoms with Crippen LogP contribution >= 0.6 is 0 Å². The van der Waals surface area contributed by atoms with Crippen LogP contribution in [0.1, 0.15) is 41.1 Å². The number of nitrogens with two attached hydrogens (primary N) is 1. The standard InChI is InChI=1S/C11H14N2O/c12-13-11(14)10-6-4-9(5-7-10)8-2-1-3-8/h4-8H,1-3,12H2,(H,13,14). The van der Waals surface area contributed by atoms with E-state index in [4.69, 9.17) is 5.84 Å². The first-order valence-corrected chi connectivity index (χ1v) is 4.92. The van der Waals surface area contributed by atoms with Gasteiger partial charge in [0, 0.05) is 5.56 Å². The second kappa shape index (κ2) is 3.80. The lowest BCUT2D eigenvalue weighted by Crippen LogP contribution is -2.29. The van der Waals surface area contributed by atoms with Crippen LogP contribution in [0.2, 0.25) is 0 Å². The fourth-order valence-corrected chi connectivity index (χ4v) is 1.73. The van der Waals surface area contributed by atoms with Crippen molar-refractivity contribution in [3.05, 3.63) is 35.4 Å². The Hall–Kier alpha value is -1.35. The first-order chi connectivity index (χ1) is 6.81. The van der Waals surface area contributed by atoms with Crippen molar-refractivity contribution in [2.24, 2.45) is 5.84 Å². The molecule has 1 saturated carbocycles. The molecule has 0 saturated heterocycles. The SMILES string of the molecule is NNC(=O)c1ccc(C2CCC2)cc1. The van der Waals surface area contributed by atoms with Gasteiger partial charge in [-0.3, -0.25) is 10.2 Å². The number of hydrogen-bond donors (Lipinski definition) is 2. The van der Waals surface area contributed by atoms with E-state index in [0.717, 1.165) is 0 Å². The summed E-state index contributed by atoms with van der Waals surface area (Å²) in [7, 11) is 0. The van der Waals surface area contributed by atoms with E-state index in [1.54, 1.807) is 0 Å². The molecule has 1 aromatic carbocycles. The number of rotatable bonds is 2. The van der Waals surface area contributed by atoms with Crippen LogP contribution in [-0.2, 0) is 0 Å².